The molecule has 1 nitrogen and oxygen atoms in total. The molecule has 0 saturated heterocycles. The Morgan fingerprint density at radius 3 is 2.68 bits per heavy atom. The zero-order valence-electron chi connectivity index (χ0n) is 10.2. The molecule has 0 aliphatic carbocycles. The molecule has 0 radical (unpaired) electrons. The normalized spacial score (nSPS) is 10.5. The van der Waals surface area contributed by atoms with Crippen LogP contribution in [0.15, 0.2) is 45.3 Å². The van der Waals surface area contributed by atoms with Crippen LogP contribution in [0.5, 0.6) is 0 Å². The summed E-state index contributed by atoms with van der Waals surface area (Å²) in [5.74, 6) is -0.379. The van der Waals surface area contributed by atoms with Gasteiger partial charge < -0.3 is 0 Å². The maximum Gasteiger partial charge on any atom is 0.168 e. The SMILES string of the molecule is Cc1cccc(C(=O)Cc2cc(F)ccc2Br)c1Br. The summed E-state index contributed by atoms with van der Waals surface area (Å²) in [5.41, 5.74) is 2.28. The fraction of sp³-hybridized carbons (Fsp3) is 0.133. The van der Waals surface area contributed by atoms with Crippen molar-refractivity contribution in [2.45, 2.75) is 13.3 Å². The highest BCUT2D eigenvalue weighted by molar-refractivity contribution is 9.10. The Bertz CT molecular complexity index is 638. The predicted octanol–water partition coefficient (Wildman–Crippen LogP) is 5.08. The van der Waals surface area contributed by atoms with Gasteiger partial charge in [-0.2, -0.15) is 0 Å². The largest absolute Gasteiger partial charge is 0.294 e. The topological polar surface area (TPSA) is 17.1 Å². The minimum absolute atomic E-state index is 0.0399. The molecule has 0 bridgehead atoms. The van der Waals surface area contributed by atoms with Crippen LogP contribution in [0.1, 0.15) is 21.5 Å². The number of ketones is 1. The standard InChI is InChI=1S/C15H11Br2FO/c1-9-3-2-4-12(15(9)17)14(19)8-10-7-11(18)5-6-13(10)16/h2-7H,8H2,1H3. The van der Waals surface area contributed by atoms with Gasteiger partial charge in [0.25, 0.3) is 0 Å². The zero-order chi connectivity index (χ0) is 14.0. The van der Waals surface area contributed by atoms with Crippen LogP contribution in [0, 0.1) is 12.7 Å². The van der Waals surface area contributed by atoms with Gasteiger partial charge in [-0.25, -0.2) is 4.39 Å². The van der Waals surface area contributed by atoms with E-state index in [0.717, 1.165) is 14.5 Å². The number of rotatable bonds is 3. The van der Waals surface area contributed by atoms with Crippen LogP contribution in [-0.4, -0.2) is 5.78 Å². The second-order valence-electron chi connectivity index (χ2n) is 4.27. The third-order valence-electron chi connectivity index (χ3n) is 2.85. The first-order valence-electron chi connectivity index (χ1n) is 5.71. The summed E-state index contributed by atoms with van der Waals surface area (Å²) in [6.45, 7) is 1.93. The highest BCUT2D eigenvalue weighted by Crippen LogP contribution is 2.24. The van der Waals surface area contributed by atoms with Crippen LogP contribution in [0.2, 0.25) is 0 Å². The number of halogens is 3. The Kier molecular flexibility index (Phi) is 4.53. The molecule has 0 aliphatic heterocycles. The molecule has 0 fully saturated rings. The molecule has 2 rings (SSSR count). The van der Waals surface area contributed by atoms with Gasteiger partial charge in [-0.15, -0.1) is 0 Å². The van der Waals surface area contributed by atoms with Crippen LogP contribution >= 0.6 is 31.9 Å². The van der Waals surface area contributed by atoms with Gasteiger partial charge >= 0.3 is 0 Å². The van der Waals surface area contributed by atoms with Crippen molar-refractivity contribution in [3.8, 4) is 0 Å². The molecule has 98 valence electrons. The molecule has 0 saturated carbocycles. The molecule has 0 heterocycles. The van der Waals surface area contributed by atoms with Gasteiger partial charge in [0.05, 0.1) is 0 Å². The van der Waals surface area contributed by atoms with E-state index < -0.39 is 0 Å². The Labute approximate surface area is 128 Å². The molecule has 0 aromatic heterocycles. The first-order valence-corrected chi connectivity index (χ1v) is 7.30. The van der Waals surface area contributed by atoms with Gasteiger partial charge in [0.15, 0.2) is 5.78 Å². The van der Waals surface area contributed by atoms with Crippen LogP contribution in [0.25, 0.3) is 0 Å². The van der Waals surface area contributed by atoms with Crippen molar-refractivity contribution >= 4 is 37.6 Å². The van der Waals surface area contributed by atoms with Gasteiger partial charge in [0, 0.05) is 20.9 Å². The Morgan fingerprint density at radius 1 is 1.21 bits per heavy atom. The maximum absolute atomic E-state index is 13.2. The number of carbonyl (C=O) groups excluding carboxylic acids is 1. The average molecular weight is 386 g/mol. The third-order valence-corrected chi connectivity index (χ3v) is 4.68. The van der Waals surface area contributed by atoms with Gasteiger partial charge in [-0.3, -0.25) is 4.79 Å². The molecule has 0 unspecified atom stereocenters. The van der Waals surface area contributed by atoms with Crippen molar-refractivity contribution in [1.29, 1.82) is 0 Å². The minimum Gasteiger partial charge on any atom is -0.294 e. The Hall–Kier alpha value is -1.000. The smallest absolute Gasteiger partial charge is 0.168 e. The predicted molar refractivity (Wildman–Crippen MR) is 81.0 cm³/mol. The lowest BCUT2D eigenvalue weighted by Gasteiger charge is -2.07. The van der Waals surface area contributed by atoms with Crippen molar-refractivity contribution in [3.05, 3.63) is 67.9 Å². The first kappa shape index (κ1) is 14.4. The summed E-state index contributed by atoms with van der Waals surface area (Å²) in [6.07, 6.45) is 0.167. The molecule has 2 aromatic rings. The van der Waals surface area contributed by atoms with Crippen molar-refractivity contribution in [1.82, 2.24) is 0 Å². The molecule has 4 heteroatoms. The number of Topliss-reactive ketones (excluding diaryl/α,β-unsaturated/α-hetero) is 1. The van der Waals surface area contributed by atoms with Crippen molar-refractivity contribution in [2.24, 2.45) is 0 Å². The fourth-order valence-electron chi connectivity index (χ4n) is 1.81. The van der Waals surface area contributed by atoms with E-state index >= 15 is 0 Å². The molecular formula is C15H11Br2FO. The lowest BCUT2D eigenvalue weighted by molar-refractivity contribution is 0.0992. The second-order valence-corrected chi connectivity index (χ2v) is 5.92. The van der Waals surface area contributed by atoms with Crippen molar-refractivity contribution in [2.75, 3.05) is 0 Å². The number of aryl methyl sites for hydroxylation is 1. The monoisotopic (exact) mass is 384 g/mol. The van der Waals surface area contributed by atoms with Crippen molar-refractivity contribution in [3.63, 3.8) is 0 Å². The lowest BCUT2D eigenvalue weighted by Crippen LogP contribution is -2.06. The lowest BCUT2D eigenvalue weighted by atomic mass is 10.0. The Balaban J connectivity index is 2.31. The van der Waals surface area contributed by atoms with Gasteiger partial charge in [0.1, 0.15) is 5.82 Å². The third kappa shape index (κ3) is 3.31. The summed E-state index contributed by atoms with van der Waals surface area (Å²) in [5, 5.41) is 0. The molecule has 2 aromatic carbocycles. The molecular weight excluding hydrogens is 375 g/mol. The van der Waals surface area contributed by atoms with E-state index in [0.29, 0.717) is 11.1 Å². The summed E-state index contributed by atoms with van der Waals surface area (Å²) in [6, 6.07) is 9.90. The molecule has 0 aliphatic rings. The summed E-state index contributed by atoms with van der Waals surface area (Å²) < 4.78 is 14.7. The number of hydrogen-bond donors (Lipinski definition) is 0. The van der Waals surface area contributed by atoms with Crippen LogP contribution < -0.4 is 0 Å². The summed E-state index contributed by atoms with van der Waals surface area (Å²) in [7, 11) is 0. The van der Waals surface area contributed by atoms with Gasteiger partial charge in [0.2, 0.25) is 0 Å². The van der Waals surface area contributed by atoms with E-state index in [2.05, 4.69) is 31.9 Å². The van der Waals surface area contributed by atoms with Crippen LogP contribution in [0.4, 0.5) is 4.39 Å². The second kappa shape index (κ2) is 5.97. The van der Waals surface area contributed by atoms with Gasteiger partial charge in [-0.05, 0) is 52.2 Å². The summed E-state index contributed by atoms with van der Waals surface area (Å²) >= 11 is 6.75. The first-order chi connectivity index (χ1) is 8.99. The fourth-order valence-corrected chi connectivity index (χ4v) is 2.68. The number of carbonyl (C=O) groups is 1. The van der Waals surface area contributed by atoms with E-state index in [1.165, 1.54) is 12.1 Å². The molecule has 19 heavy (non-hydrogen) atoms. The zero-order valence-corrected chi connectivity index (χ0v) is 13.4. The highest BCUT2D eigenvalue weighted by Gasteiger charge is 2.14. The van der Waals surface area contributed by atoms with Crippen LogP contribution in [-0.2, 0) is 6.42 Å². The maximum atomic E-state index is 13.2. The molecule has 0 amide bonds. The molecule has 0 spiro atoms. The van der Waals surface area contributed by atoms with E-state index in [-0.39, 0.29) is 18.0 Å². The summed E-state index contributed by atoms with van der Waals surface area (Å²) in [4.78, 5) is 12.3. The van der Waals surface area contributed by atoms with Crippen molar-refractivity contribution < 1.29 is 9.18 Å². The van der Waals surface area contributed by atoms with E-state index in [1.807, 2.05) is 19.1 Å². The molecule has 0 N–H and O–H groups in total. The van der Waals surface area contributed by atoms with E-state index in [1.54, 1.807) is 12.1 Å². The molecule has 0 atom stereocenters. The highest BCUT2D eigenvalue weighted by atomic mass is 79.9. The number of hydrogen-bond acceptors (Lipinski definition) is 1. The number of benzene rings is 2. The van der Waals surface area contributed by atoms with E-state index in [9.17, 15) is 9.18 Å². The van der Waals surface area contributed by atoms with E-state index in [4.69, 9.17) is 0 Å². The van der Waals surface area contributed by atoms with Gasteiger partial charge in [-0.1, -0.05) is 34.1 Å². The minimum atomic E-state index is -0.339. The Morgan fingerprint density at radius 2 is 1.95 bits per heavy atom. The average Bonchev–Trinajstić information content (AvgIpc) is 2.37. The quantitative estimate of drug-likeness (QED) is 0.673. The van der Waals surface area contributed by atoms with Crippen LogP contribution in [0.3, 0.4) is 0 Å².